The number of carbonyl (C=O) groups is 2. The smallest absolute Gasteiger partial charge is 0.306 e. The van der Waals surface area contributed by atoms with E-state index in [0.29, 0.717) is 12.0 Å². The average Bonchev–Trinajstić information content (AvgIpc) is 2.69. The number of nitrogens with zero attached hydrogens (tertiary/aromatic N) is 1. The summed E-state index contributed by atoms with van der Waals surface area (Å²) in [4.78, 5) is 33.9. The summed E-state index contributed by atoms with van der Waals surface area (Å²) in [5, 5.41) is 10.7. The molecule has 0 aromatic heterocycles. The van der Waals surface area contributed by atoms with Crippen LogP contribution in [0.15, 0.2) is 24.3 Å². The Morgan fingerprint density at radius 2 is 1.72 bits per heavy atom. The van der Waals surface area contributed by atoms with Crippen LogP contribution in [-0.2, 0) is 25.7 Å². The highest BCUT2D eigenvalue weighted by molar-refractivity contribution is 5.72. The molecule has 0 aliphatic heterocycles. The van der Waals surface area contributed by atoms with Gasteiger partial charge >= 0.3 is 11.9 Å². The van der Waals surface area contributed by atoms with Crippen LogP contribution in [0.1, 0.15) is 83.6 Å². The molecule has 0 saturated heterocycles. The molecule has 7 heteroatoms. The number of rotatable bonds is 15. The van der Waals surface area contributed by atoms with E-state index >= 15 is 0 Å². The van der Waals surface area contributed by atoms with Crippen molar-refractivity contribution in [2.24, 2.45) is 0 Å². The second-order valence-corrected chi connectivity index (χ2v) is 7.30. The molecule has 29 heavy (non-hydrogen) atoms. The Bertz CT molecular complexity index is 646. The van der Waals surface area contributed by atoms with Gasteiger partial charge in [-0.1, -0.05) is 51.2 Å². The summed E-state index contributed by atoms with van der Waals surface area (Å²) in [5.74, 6) is -0.737. The van der Waals surface area contributed by atoms with Crippen molar-refractivity contribution >= 4 is 17.6 Å². The number of esters is 2. The maximum Gasteiger partial charge on any atom is 0.306 e. The van der Waals surface area contributed by atoms with Gasteiger partial charge in [0.2, 0.25) is 0 Å². The van der Waals surface area contributed by atoms with Crippen LogP contribution in [0.4, 0.5) is 5.69 Å². The number of carbonyl (C=O) groups excluding carboxylic acids is 2. The minimum Gasteiger partial charge on any atom is -0.463 e. The van der Waals surface area contributed by atoms with E-state index in [1.165, 1.54) is 37.8 Å². The number of hydrogen-bond donors (Lipinski definition) is 0. The number of nitro groups is 1. The van der Waals surface area contributed by atoms with E-state index < -0.39 is 10.9 Å². The van der Waals surface area contributed by atoms with Crippen LogP contribution in [0.25, 0.3) is 0 Å². The van der Waals surface area contributed by atoms with Gasteiger partial charge in [-0.05, 0) is 31.7 Å². The third-order valence-corrected chi connectivity index (χ3v) is 4.58. The molecule has 0 amide bonds. The van der Waals surface area contributed by atoms with Crippen molar-refractivity contribution in [3.63, 3.8) is 0 Å². The Labute approximate surface area is 172 Å². The van der Waals surface area contributed by atoms with Gasteiger partial charge in [0, 0.05) is 25.0 Å². The second kappa shape index (κ2) is 14.5. The molecule has 0 aliphatic rings. The maximum absolute atomic E-state index is 11.9. The highest BCUT2D eigenvalue weighted by atomic mass is 16.6. The zero-order valence-corrected chi connectivity index (χ0v) is 17.6. The summed E-state index contributed by atoms with van der Waals surface area (Å²) >= 11 is 0. The molecule has 0 bridgehead atoms. The Kier molecular flexibility index (Phi) is 12.3. The van der Waals surface area contributed by atoms with Crippen molar-refractivity contribution < 1.29 is 24.0 Å². The fourth-order valence-corrected chi connectivity index (χ4v) is 2.93. The molecule has 0 fully saturated rings. The Morgan fingerprint density at radius 1 is 1.03 bits per heavy atom. The number of non-ortho nitro benzene ring substituents is 1. The van der Waals surface area contributed by atoms with E-state index in [0.717, 1.165) is 19.3 Å². The van der Waals surface area contributed by atoms with E-state index in [2.05, 4.69) is 6.92 Å². The molecule has 162 valence electrons. The minimum absolute atomic E-state index is 0.0275. The first-order valence-electron chi connectivity index (χ1n) is 10.5. The van der Waals surface area contributed by atoms with Crippen LogP contribution < -0.4 is 0 Å². The first-order valence-corrected chi connectivity index (χ1v) is 10.5. The first kappa shape index (κ1) is 24.6. The van der Waals surface area contributed by atoms with E-state index in [9.17, 15) is 19.7 Å². The van der Waals surface area contributed by atoms with Crippen molar-refractivity contribution in [1.82, 2.24) is 0 Å². The predicted molar refractivity (Wildman–Crippen MR) is 110 cm³/mol. The first-order chi connectivity index (χ1) is 13.9. The van der Waals surface area contributed by atoms with Crippen molar-refractivity contribution in [3.05, 3.63) is 39.9 Å². The Balaban J connectivity index is 2.13. The highest BCUT2D eigenvalue weighted by Gasteiger charge is 2.12. The molecule has 0 spiro atoms. The molecule has 1 aromatic rings. The normalized spacial score (nSPS) is 11.7. The van der Waals surface area contributed by atoms with Gasteiger partial charge in [0.25, 0.3) is 5.69 Å². The van der Waals surface area contributed by atoms with Crippen molar-refractivity contribution in [2.45, 2.75) is 90.8 Å². The summed E-state index contributed by atoms with van der Waals surface area (Å²) in [6, 6.07) is 5.95. The van der Waals surface area contributed by atoms with Gasteiger partial charge in [0.1, 0.15) is 6.61 Å². The van der Waals surface area contributed by atoms with E-state index in [1.54, 1.807) is 12.1 Å². The lowest BCUT2D eigenvalue weighted by Crippen LogP contribution is -2.15. The third kappa shape index (κ3) is 11.9. The van der Waals surface area contributed by atoms with Crippen LogP contribution >= 0.6 is 0 Å². The van der Waals surface area contributed by atoms with Crippen molar-refractivity contribution in [2.75, 3.05) is 0 Å². The molecule has 1 aromatic carbocycles. The summed E-state index contributed by atoms with van der Waals surface area (Å²) in [5.41, 5.74) is 0.506. The van der Waals surface area contributed by atoms with Gasteiger partial charge in [0.05, 0.1) is 11.0 Å². The number of nitro benzene ring substituents is 1. The summed E-state index contributed by atoms with van der Waals surface area (Å²) < 4.78 is 10.5. The Hall–Kier alpha value is -2.44. The number of ether oxygens (including phenoxy) is 2. The average molecular weight is 408 g/mol. The Morgan fingerprint density at radius 3 is 2.45 bits per heavy atom. The van der Waals surface area contributed by atoms with Gasteiger partial charge < -0.3 is 9.47 Å². The maximum atomic E-state index is 11.9. The van der Waals surface area contributed by atoms with Gasteiger partial charge in [0.15, 0.2) is 0 Å². The lowest BCUT2D eigenvalue weighted by molar-refractivity contribution is -0.384. The van der Waals surface area contributed by atoms with Crippen molar-refractivity contribution in [3.8, 4) is 0 Å². The third-order valence-electron chi connectivity index (χ3n) is 4.58. The predicted octanol–water partition coefficient (Wildman–Crippen LogP) is 5.49. The zero-order valence-electron chi connectivity index (χ0n) is 17.6. The van der Waals surface area contributed by atoms with Gasteiger partial charge in [-0.3, -0.25) is 19.7 Å². The molecule has 1 rings (SSSR count). The quantitative estimate of drug-likeness (QED) is 0.165. The molecule has 1 atom stereocenters. The van der Waals surface area contributed by atoms with Gasteiger partial charge in [-0.25, -0.2) is 0 Å². The lowest BCUT2D eigenvalue weighted by Gasteiger charge is -2.13. The molecule has 0 N–H and O–H groups in total. The molecule has 0 aliphatic carbocycles. The largest absolute Gasteiger partial charge is 0.463 e. The fraction of sp³-hybridized carbons (Fsp3) is 0.636. The number of benzene rings is 1. The van der Waals surface area contributed by atoms with Crippen LogP contribution in [0, 0.1) is 10.1 Å². The standard InChI is InChI=1S/C22H33NO6/c1-3-4-5-6-7-8-11-18(2)29-22(25)15-10-14-21(24)28-17-19-12-9-13-20(16-19)23(26)27/h9,12-13,16,18H,3-8,10-11,14-15,17H2,1-2H3. The van der Waals surface area contributed by atoms with Crippen LogP contribution in [0.5, 0.6) is 0 Å². The number of unbranched alkanes of at least 4 members (excludes halogenated alkanes) is 5. The molecule has 1 unspecified atom stereocenters. The SMILES string of the molecule is CCCCCCCCC(C)OC(=O)CCCC(=O)OCc1cccc([N+](=O)[O-])c1. The van der Waals surface area contributed by atoms with E-state index in [-0.39, 0.29) is 37.2 Å². The molecular formula is C22H33NO6. The van der Waals surface area contributed by atoms with Gasteiger partial charge in [-0.2, -0.15) is 0 Å². The molecule has 0 heterocycles. The fourth-order valence-electron chi connectivity index (χ4n) is 2.93. The second-order valence-electron chi connectivity index (χ2n) is 7.30. The van der Waals surface area contributed by atoms with Crippen LogP contribution in [-0.4, -0.2) is 23.0 Å². The van der Waals surface area contributed by atoms with E-state index in [1.807, 2.05) is 6.92 Å². The van der Waals surface area contributed by atoms with Crippen LogP contribution in [0.3, 0.4) is 0 Å². The monoisotopic (exact) mass is 407 g/mol. The molecule has 0 radical (unpaired) electrons. The number of hydrogen-bond acceptors (Lipinski definition) is 6. The van der Waals surface area contributed by atoms with Gasteiger partial charge in [-0.15, -0.1) is 0 Å². The highest BCUT2D eigenvalue weighted by Crippen LogP contribution is 2.15. The zero-order chi connectivity index (χ0) is 21.5. The topological polar surface area (TPSA) is 95.7 Å². The van der Waals surface area contributed by atoms with Crippen LogP contribution in [0.2, 0.25) is 0 Å². The van der Waals surface area contributed by atoms with E-state index in [4.69, 9.17) is 9.47 Å². The summed E-state index contributed by atoms with van der Waals surface area (Å²) in [6.45, 7) is 4.07. The molecular weight excluding hydrogens is 374 g/mol. The summed E-state index contributed by atoms with van der Waals surface area (Å²) in [6.07, 6.45) is 8.63. The molecule has 0 saturated carbocycles. The summed E-state index contributed by atoms with van der Waals surface area (Å²) in [7, 11) is 0. The minimum atomic E-state index is -0.496. The molecule has 7 nitrogen and oxygen atoms in total. The lowest BCUT2D eigenvalue weighted by atomic mass is 10.1. The van der Waals surface area contributed by atoms with Crippen molar-refractivity contribution in [1.29, 1.82) is 0 Å².